The first-order valence-corrected chi connectivity index (χ1v) is 8.17. The SMILES string of the molecule is CC(C)(C)NC(=O)CC(CN)N1CCCC2CCCC21. The minimum absolute atomic E-state index is 0.132. The van der Waals surface area contributed by atoms with Crippen LogP contribution in [-0.2, 0) is 4.79 Å². The van der Waals surface area contributed by atoms with Gasteiger partial charge in [-0.1, -0.05) is 6.42 Å². The van der Waals surface area contributed by atoms with Crippen molar-refractivity contribution in [3.05, 3.63) is 0 Å². The van der Waals surface area contributed by atoms with Gasteiger partial charge in [0.15, 0.2) is 0 Å². The number of nitrogens with two attached hydrogens (primary N) is 1. The Labute approximate surface area is 123 Å². The minimum Gasteiger partial charge on any atom is -0.351 e. The molecule has 1 aliphatic heterocycles. The fourth-order valence-corrected chi connectivity index (χ4v) is 3.97. The van der Waals surface area contributed by atoms with Crippen LogP contribution in [0.15, 0.2) is 0 Å². The molecule has 1 aliphatic carbocycles. The van der Waals surface area contributed by atoms with Crippen molar-refractivity contribution in [3.63, 3.8) is 0 Å². The van der Waals surface area contributed by atoms with E-state index >= 15 is 0 Å². The van der Waals surface area contributed by atoms with Gasteiger partial charge in [-0.15, -0.1) is 0 Å². The number of hydrogen-bond donors (Lipinski definition) is 2. The first-order chi connectivity index (χ1) is 9.40. The van der Waals surface area contributed by atoms with Crippen LogP contribution in [0.5, 0.6) is 0 Å². The number of hydrogen-bond acceptors (Lipinski definition) is 3. The van der Waals surface area contributed by atoms with Crippen molar-refractivity contribution < 1.29 is 4.79 Å². The number of fused-ring (bicyclic) bond motifs is 1. The summed E-state index contributed by atoms with van der Waals surface area (Å²) in [6, 6.07) is 0.892. The van der Waals surface area contributed by atoms with Crippen molar-refractivity contribution in [2.45, 2.75) is 76.9 Å². The van der Waals surface area contributed by atoms with Crippen LogP contribution in [0, 0.1) is 5.92 Å². The highest BCUT2D eigenvalue weighted by Crippen LogP contribution is 2.37. The van der Waals surface area contributed by atoms with Crippen LogP contribution in [0.4, 0.5) is 0 Å². The molecule has 1 saturated heterocycles. The predicted octanol–water partition coefficient (Wildman–Crippen LogP) is 1.88. The molecule has 0 bridgehead atoms. The van der Waals surface area contributed by atoms with Gasteiger partial charge in [0.2, 0.25) is 5.91 Å². The Kier molecular flexibility index (Phi) is 5.08. The highest BCUT2D eigenvalue weighted by Gasteiger charge is 2.38. The monoisotopic (exact) mass is 281 g/mol. The Morgan fingerprint density at radius 1 is 1.30 bits per heavy atom. The zero-order valence-corrected chi connectivity index (χ0v) is 13.3. The maximum absolute atomic E-state index is 12.2. The molecule has 1 amide bonds. The second-order valence-electron chi connectivity index (χ2n) is 7.53. The molecule has 3 atom stereocenters. The third-order valence-electron chi connectivity index (χ3n) is 4.71. The average molecular weight is 281 g/mol. The van der Waals surface area contributed by atoms with E-state index in [1.165, 1.54) is 32.1 Å². The normalized spacial score (nSPS) is 29.0. The van der Waals surface area contributed by atoms with Gasteiger partial charge in [0.1, 0.15) is 0 Å². The number of nitrogens with one attached hydrogen (secondary N) is 1. The van der Waals surface area contributed by atoms with E-state index in [9.17, 15) is 4.79 Å². The molecule has 0 aromatic carbocycles. The average Bonchev–Trinajstić information content (AvgIpc) is 2.81. The predicted molar refractivity (Wildman–Crippen MR) is 82.4 cm³/mol. The first-order valence-electron chi connectivity index (χ1n) is 8.17. The quantitative estimate of drug-likeness (QED) is 0.827. The van der Waals surface area contributed by atoms with Crippen molar-refractivity contribution in [2.24, 2.45) is 11.7 Å². The molecule has 1 saturated carbocycles. The fourth-order valence-electron chi connectivity index (χ4n) is 3.97. The van der Waals surface area contributed by atoms with Crippen molar-refractivity contribution in [1.82, 2.24) is 10.2 Å². The topological polar surface area (TPSA) is 58.4 Å². The summed E-state index contributed by atoms with van der Waals surface area (Å²) >= 11 is 0. The van der Waals surface area contributed by atoms with E-state index in [1.807, 2.05) is 20.8 Å². The lowest BCUT2D eigenvalue weighted by Gasteiger charge is -2.42. The van der Waals surface area contributed by atoms with Crippen LogP contribution < -0.4 is 11.1 Å². The van der Waals surface area contributed by atoms with Crippen LogP contribution in [-0.4, -0.2) is 41.5 Å². The summed E-state index contributed by atoms with van der Waals surface area (Å²) in [5, 5.41) is 3.06. The number of rotatable bonds is 4. The third kappa shape index (κ3) is 3.95. The lowest BCUT2D eigenvalue weighted by molar-refractivity contribution is -0.124. The van der Waals surface area contributed by atoms with E-state index in [2.05, 4.69) is 10.2 Å². The van der Waals surface area contributed by atoms with Gasteiger partial charge in [0.25, 0.3) is 0 Å². The molecule has 20 heavy (non-hydrogen) atoms. The van der Waals surface area contributed by atoms with Gasteiger partial charge < -0.3 is 11.1 Å². The highest BCUT2D eigenvalue weighted by molar-refractivity contribution is 5.77. The molecule has 0 spiro atoms. The van der Waals surface area contributed by atoms with Crippen LogP contribution in [0.1, 0.15) is 59.3 Å². The number of carbonyl (C=O) groups is 1. The molecule has 2 fully saturated rings. The van der Waals surface area contributed by atoms with Crippen LogP contribution >= 0.6 is 0 Å². The van der Waals surface area contributed by atoms with E-state index in [-0.39, 0.29) is 17.5 Å². The van der Waals surface area contributed by atoms with Gasteiger partial charge in [0, 0.05) is 30.6 Å². The maximum atomic E-state index is 12.2. The van der Waals surface area contributed by atoms with Crippen molar-refractivity contribution in [3.8, 4) is 0 Å². The van der Waals surface area contributed by atoms with Gasteiger partial charge in [-0.05, 0) is 58.9 Å². The molecule has 1 heterocycles. The molecule has 0 aromatic rings. The largest absolute Gasteiger partial charge is 0.351 e. The van der Waals surface area contributed by atoms with Crippen LogP contribution in [0.2, 0.25) is 0 Å². The molecular weight excluding hydrogens is 250 g/mol. The summed E-state index contributed by atoms with van der Waals surface area (Å²) in [6.07, 6.45) is 7.17. The summed E-state index contributed by atoms with van der Waals surface area (Å²) in [5.74, 6) is 0.983. The van der Waals surface area contributed by atoms with Gasteiger partial charge in [-0.2, -0.15) is 0 Å². The Bertz CT molecular complexity index is 337. The summed E-state index contributed by atoms with van der Waals surface area (Å²) < 4.78 is 0. The Morgan fingerprint density at radius 3 is 2.65 bits per heavy atom. The van der Waals surface area contributed by atoms with Crippen molar-refractivity contribution in [2.75, 3.05) is 13.1 Å². The number of likely N-dealkylation sites (tertiary alicyclic amines) is 1. The van der Waals surface area contributed by atoms with E-state index in [4.69, 9.17) is 5.73 Å². The van der Waals surface area contributed by atoms with Gasteiger partial charge in [0.05, 0.1) is 0 Å². The zero-order chi connectivity index (χ0) is 14.8. The highest BCUT2D eigenvalue weighted by atomic mass is 16.1. The number of amides is 1. The molecule has 3 N–H and O–H groups in total. The molecule has 4 nitrogen and oxygen atoms in total. The van der Waals surface area contributed by atoms with Crippen molar-refractivity contribution in [1.29, 1.82) is 0 Å². The zero-order valence-electron chi connectivity index (χ0n) is 13.3. The Morgan fingerprint density at radius 2 is 2.00 bits per heavy atom. The van der Waals surface area contributed by atoms with E-state index in [0.29, 0.717) is 19.0 Å². The second-order valence-corrected chi connectivity index (χ2v) is 7.53. The van der Waals surface area contributed by atoms with Crippen LogP contribution in [0.3, 0.4) is 0 Å². The standard InChI is InChI=1S/C16H31N3O/c1-16(2,3)18-15(20)10-13(11-17)19-9-5-7-12-6-4-8-14(12)19/h12-14H,4-11,17H2,1-3H3,(H,18,20). The lowest BCUT2D eigenvalue weighted by atomic mass is 9.90. The Hall–Kier alpha value is -0.610. The van der Waals surface area contributed by atoms with Gasteiger partial charge in [-0.25, -0.2) is 0 Å². The van der Waals surface area contributed by atoms with E-state index in [1.54, 1.807) is 0 Å². The summed E-state index contributed by atoms with van der Waals surface area (Å²) in [7, 11) is 0. The minimum atomic E-state index is -0.159. The molecule has 4 heteroatoms. The Balaban J connectivity index is 1.95. The number of nitrogens with zero attached hydrogens (tertiary/aromatic N) is 1. The molecule has 0 aromatic heterocycles. The smallest absolute Gasteiger partial charge is 0.222 e. The molecule has 2 rings (SSSR count). The first kappa shape index (κ1) is 15.8. The number of carbonyl (C=O) groups excluding carboxylic acids is 1. The van der Waals surface area contributed by atoms with Gasteiger partial charge in [-0.3, -0.25) is 9.69 Å². The van der Waals surface area contributed by atoms with Crippen LogP contribution in [0.25, 0.3) is 0 Å². The molecule has 0 radical (unpaired) electrons. The third-order valence-corrected chi connectivity index (χ3v) is 4.71. The van der Waals surface area contributed by atoms with E-state index in [0.717, 1.165) is 12.5 Å². The molecular formula is C16H31N3O. The molecule has 3 unspecified atom stereocenters. The molecule has 116 valence electrons. The molecule has 2 aliphatic rings. The summed E-state index contributed by atoms with van der Waals surface area (Å²) in [4.78, 5) is 14.7. The maximum Gasteiger partial charge on any atom is 0.222 e. The van der Waals surface area contributed by atoms with Crippen molar-refractivity contribution >= 4 is 5.91 Å². The van der Waals surface area contributed by atoms with Gasteiger partial charge >= 0.3 is 0 Å². The fraction of sp³-hybridized carbons (Fsp3) is 0.938. The van der Waals surface area contributed by atoms with E-state index < -0.39 is 0 Å². The second kappa shape index (κ2) is 6.44. The number of piperidine rings is 1. The summed E-state index contributed by atoms with van der Waals surface area (Å²) in [5.41, 5.74) is 5.82. The lowest BCUT2D eigenvalue weighted by Crippen LogP contribution is -2.53. The summed E-state index contributed by atoms with van der Waals surface area (Å²) in [6.45, 7) is 7.77.